The van der Waals surface area contributed by atoms with Crippen molar-refractivity contribution >= 4 is 0 Å². The zero-order valence-electron chi connectivity index (χ0n) is 10.3. The number of rotatable bonds is 6. The summed E-state index contributed by atoms with van der Waals surface area (Å²) in [5, 5.41) is 0. The van der Waals surface area contributed by atoms with Crippen LogP contribution in [0.2, 0.25) is 0 Å². The van der Waals surface area contributed by atoms with Gasteiger partial charge >= 0.3 is 0 Å². The summed E-state index contributed by atoms with van der Waals surface area (Å²) in [6.45, 7) is 5.12. The van der Waals surface area contributed by atoms with Crippen LogP contribution < -0.4 is 5.73 Å². The van der Waals surface area contributed by atoms with E-state index in [4.69, 9.17) is 15.2 Å². The van der Waals surface area contributed by atoms with E-state index in [0.717, 1.165) is 5.56 Å². The third-order valence-electron chi connectivity index (χ3n) is 2.43. The number of ether oxygens (including phenoxy) is 2. The molecule has 0 saturated heterocycles. The predicted molar refractivity (Wildman–Crippen MR) is 65.4 cm³/mol. The van der Waals surface area contributed by atoms with Crippen molar-refractivity contribution in [3.8, 4) is 0 Å². The molecule has 0 aliphatic rings. The normalized spacial score (nSPS) is 14.8. The van der Waals surface area contributed by atoms with E-state index >= 15 is 0 Å². The first kappa shape index (κ1) is 13.2. The molecule has 0 bridgehead atoms. The van der Waals surface area contributed by atoms with E-state index in [0.29, 0.717) is 13.2 Å². The van der Waals surface area contributed by atoms with Crippen LogP contribution in [0.1, 0.15) is 24.2 Å². The number of benzene rings is 1. The SMILES string of the molecule is COCC(C)OC(CN)c1cccc(C)c1. The van der Waals surface area contributed by atoms with Crippen LogP contribution in [-0.4, -0.2) is 26.4 Å². The molecule has 2 atom stereocenters. The second-order valence-electron chi connectivity index (χ2n) is 4.04. The molecule has 3 heteroatoms. The molecular formula is C13H21NO2. The standard InChI is InChI=1S/C13H21NO2/c1-10-5-4-6-12(7-10)13(8-14)16-11(2)9-15-3/h4-7,11,13H,8-9,14H2,1-3H3. The van der Waals surface area contributed by atoms with Crippen LogP contribution in [0.3, 0.4) is 0 Å². The summed E-state index contributed by atoms with van der Waals surface area (Å²) in [6, 6.07) is 8.24. The van der Waals surface area contributed by atoms with Crippen molar-refractivity contribution in [1.29, 1.82) is 0 Å². The van der Waals surface area contributed by atoms with Crippen molar-refractivity contribution in [2.45, 2.75) is 26.1 Å². The first-order chi connectivity index (χ1) is 7.67. The Bertz CT molecular complexity index is 315. The van der Waals surface area contributed by atoms with Gasteiger partial charge in [-0.25, -0.2) is 0 Å². The first-order valence-corrected chi connectivity index (χ1v) is 5.58. The smallest absolute Gasteiger partial charge is 0.0951 e. The molecule has 0 aliphatic carbocycles. The zero-order chi connectivity index (χ0) is 12.0. The largest absolute Gasteiger partial charge is 0.382 e. The lowest BCUT2D eigenvalue weighted by Gasteiger charge is -2.21. The van der Waals surface area contributed by atoms with E-state index < -0.39 is 0 Å². The Kier molecular flexibility index (Phi) is 5.46. The molecule has 16 heavy (non-hydrogen) atoms. The quantitative estimate of drug-likeness (QED) is 0.802. The van der Waals surface area contributed by atoms with Gasteiger partial charge in [0.15, 0.2) is 0 Å². The van der Waals surface area contributed by atoms with Crippen LogP contribution >= 0.6 is 0 Å². The van der Waals surface area contributed by atoms with Gasteiger partial charge in [0.1, 0.15) is 0 Å². The fourth-order valence-electron chi connectivity index (χ4n) is 1.70. The summed E-state index contributed by atoms with van der Waals surface area (Å²) in [5.41, 5.74) is 8.08. The summed E-state index contributed by atoms with van der Waals surface area (Å²) in [7, 11) is 1.67. The van der Waals surface area contributed by atoms with Gasteiger partial charge in [-0.05, 0) is 19.4 Å². The molecule has 2 N–H and O–H groups in total. The van der Waals surface area contributed by atoms with E-state index in [-0.39, 0.29) is 12.2 Å². The van der Waals surface area contributed by atoms with Crippen molar-refractivity contribution in [1.82, 2.24) is 0 Å². The number of hydrogen-bond donors (Lipinski definition) is 1. The van der Waals surface area contributed by atoms with Crippen LogP contribution in [0.15, 0.2) is 24.3 Å². The molecule has 0 saturated carbocycles. The second-order valence-corrected chi connectivity index (χ2v) is 4.04. The summed E-state index contributed by atoms with van der Waals surface area (Å²) >= 11 is 0. The van der Waals surface area contributed by atoms with Gasteiger partial charge in [0.2, 0.25) is 0 Å². The summed E-state index contributed by atoms with van der Waals surface area (Å²) in [6.07, 6.45) is 0.00381. The van der Waals surface area contributed by atoms with Gasteiger partial charge < -0.3 is 15.2 Å². The average Bonchev–Trinajstić information content (AvgIpc) is 2.26. The zero-order valence-corrected chi connectivity index (χ0v) is 10.3. The molecule has 90 valence electrons. The molecule has 0 aliphatic heterocycles. The van der Waals surface area contributed by atoms with Crippen molar-refractivity contribution in [3.63, 3.8) is 0 Å². The molecule has 0 amide bonds. The van der Waals surface area contributed by atoms with Gasteiger partial charge in [0.25, 0.3) is 0 Å². The van der Waals surface area contributed by atoms with Crippen molar-refractivity contribution in [2.24, 2.45) is 5.73 Å². The van der Waals surface area contributed by atoms with E-state index in [9.17, 15) is 0 Å². The van der Waals surface area contributed by atoms with E-state index in [2.05, 4.69) is 19.1 Å². The van der Waals surface area contributed by atoms with Gasteiger partial charge in [-0.2, -0.15) is 0 Å². The Balaban J connectivity index is 2.67. The van der Waals surface area contributed by atoms with Gasteiger partial charge in [0, 0.05) is 13.7 Å². The Morgan fingerprint density at radius 2 is 2.12 bits per heavy atom. The number of methoxy groups -OCH3 is 1. The van der Waals surface area contributed by atoms with Crippen LogP contribution in [-0.2, 0) is 9.47 Å². The van der Waals surface area contributed by atoms with Crippen molar-refractivity contribution in [2.75, 3.05) is 20.3 Å². The Morgan fingerprint density at radius 1 is 1.38 bits per heavy atom. The van der Waals surface area contributed by atoms with Crippen LogP contribution in [0.25, 0.3) is 0 Å². The summed E-state index contributed by atoms with van der Waals surface area (Å²) in [4.78, 5) is 0. The third-order valence-corrected chi connectivity index (χ3v) is 2.43. The molecule has 0 aromatic heterocycles. The highest BCUT2D eigenvalue weighted by Crippen LogP contribution is 2.19. The Hall–Kier alpha value is -0.900. The van der Waals surface area contributed by atoms with E-state index in [1.165, 1.54) is 5.56 Å². The molecular weight excluding hydrogens is 202 g/mol. The lowest BCUT2D eigenvalue weighted by atomic mass is 10.1. The first-order valence-electron chi connectivity index (χ1n) is 5.58. The van der Waals surface area contributed by atoms with Crippen LogP contribution in [0.5, 0.6) is 0 Å². The lowest BCUT2D eigenvalue weighted by Crippen LogP contribution is -2.23. The fourth-order valence-corrected chi connectivity index (χ4v) is 1.70. The van der Waals surface area contributed by atoms with Crippen molar-refractivity contribution < 1.29 is 9.47 Å². The molecule has 1 aromatic carbocycles. The molecule has 0 heterocycles. The summed E-state index contributed by atoms with van der Waals surface area (Å²) in [5.74, 6) is 0. The van der Waals surface area contributed by atoms with E-state index in [1.807, 2.05) is 19.1 Å². The molecule has 0 spiro atoms. The molecule has 0 fully saturated rings. The van der Waals surface area contributed by atoms with Crippen LogP contribution in [0.4, 0.5) is 0 Å². The highest BCUT2D eigenvalue weighted by molar-refractivity contribution is 5.24. The molecule has 1 aromatic rings. The fraction of sp³-hybridized carbons (Fsp3) is 0.538. The minimum Gasteiger partial charge on any atom is -0.382 e. The molecule has 3 nitrogen and oxygen atoms in total. The third kappa shape index (κ3) is 3.93. The maximum absolute atomic E-state index is 5.83. The van der Waals surface area contributed by atoms with Gasteiger partial charge in [-0.15, -0.1) is 0 Å². The van der Waals surface area contributed by atoms with Crippen molar-refractivity contribution in [3.05, 3.63) is 35.4 Å². The molecule has 2 unspecified atom stereocenters. The molecule has 0 radical (unpaired) electrons. The van der Waals surface area contributed by atoms with Gasteiger partial charge in [0.05, 0.1) is 18.8 Å². The highest BCUT2D eigenvalue weighted by Gasteiger charge is 2.13. The summed E-state index contributed by atoms with van der Waals surface area (Å²) < 4.78 is 10.9. The van der Waals surface area contributed by atoms with E-state index in [1.54, 1.807) is 7.11 Å². The number of aryl methyl sites for hydroxylation is 1. The van der Waals surface area contributed by atoms with Gasteiger partial charge in [-0.3, -0.25) is 0 Å². The Labute approximate surface area is 97.6 Å². The average molecular weight is 223 g/mol. The topological polar surface area (TPSA) is 44.5 Å². The molecule has 1 rings (SSSR count). The number of nitrogens with two attached hydrogens (primary N) is 1. The maximum atomic E-state index is 5.83. The van der Waals surface area contributed by atoms with Crippen LogP contribution in [0, 0.1) is 6.92 Å². The maximum Gasteiger partial charge on any atom is 0.0951 e. The lowest BCUT2D eigenvalue weighted by molar-refractivity contribution is -0.0362. The van der Waals surface area contributed by atoms with Gasteiger partial charge in [-0.1, -0.05) is 29.8 Å². The minimum absolute atomic E-state index is 0.0509. The highest BCUT2D eigenvalue weighted by atomic mass is 16.5. The number of hydrogen-bond acceptors (Lipinski definition) is 3. The Morgan fingerprint density at radius 3 is 2.69 bits per heavy atom. The monoisotopic (exact) mass is 223 g/mol. The predicted octanol–water partition coefficient (Wildman–Crippen LogP) is 2.05. The minimum atomic E-state index is -0.0509. The second kappa shape index (κ2) is 6.63.